The lowest BCUT2D eigenvalue weighted by Gasteiger charge is -2.27. The van der Waals surface area contributed by atoms with Crippen LogP contribution in [0.1, 0.15) is 36.0 Å². The first kappa shape index (κ1) is 15.0. The molecule has 0 saturated heterocycles. The van der Waals surface area contributed by atoms with E-state index in [2.05, 4.69) is 21.2 Å². The molecule has 4 nitrogen and oxygen atoms in total. The van der Waals surface area contributed by atoms with Crippen LogP contribution in [0.4, 0.5) is 0 Å². The third kappa shape index (κ3) is 3.60. The van der Waals surface area contributed by atoms with E-state index in [-0.39, 0.29) is 23.8 Å². The summed E-state index contributed by atoms with van der Waals surface area (Å²) in [5.74, 6) is -0.226. The topological polar surface area (TPSA) is 55.4 Å². The van der Waals surface area contributed by atoms with Crippen LogP contribution in [0.2, 0.25) is 0 Å². The van der Waals surface area contributed by atoms with Crippen LogP contribution in [0.3, 0.4) is 0 Å². The number of carbonyl (C=O) groups excluding carboxylic acids is 2. The standard InChI is InChI=1S/C15H18BrNO3/c1-20-15(19)10-6-8-11(9-7-10)17-14(18)12-4-2-3-5-13(12)16/h2-5,10-11H,6-9H2,1H3,(H,17,18). The number of methoxy groups -OCH3 is 1. The number of ether oxygens (including phenoxy) is 1. The van der Waals surface area contributed by atoms with Crippen LogP contribution in [0.5, 0.6) is 0 Å². The molecule has 1 aliphatic carbocycles. The summed E-state index contributed by atoms with van der Waals surface area (Å²) in [7, 11) is 1.42. The number of amides is 1. The van der Waals surface area contributed by atoms with Crippen LogP contribution >= 0.6 is 15.9 Å². The molecule has 108 valence electrons. The first-order valence-electron chi connectivity index (χ1n) is 6.75. The highest BCUT2D eigenvalue weighted by molar-refractivity contribution is 9.10. The number of rotatable bonds is 3. The average molecular weight is 340 g/mol. The fourth-order valence-electron chi connectivity index (χ4n) is 2.55. The molecule has 0 unspecified atom stereocenters. The van der Waals surface area contributed by atoms with E-state index < -0.39 is 0 Å². The van der Waals surface area contributed by atoms with E-state index in [0.29, 0.717) is 5.56 Å². The second-order valence-corrected chi connectivity index (χ2v) is 5.88. The third-order valence-corrected chi connectivity index (χ3v) is 4.41. The van der Waals surface area contributed by atoms with Gasteiger partial charge >= 0.3 is 5.97 Å². The minimum Gasteiger partial charge on any atom is -0.469 e. The summed E-state index contributed by atoms with van der Waals surface area (Å²) >= 11 is 3.38. The monoisotopic (exact) mass is 339 g/mol. The van der Waals surface area contributed by atoms with Crippen molar-refractivity contribution in [3.63, 3.8) is 0 Å². The first-order valence-corrected chi connectivity index (χ1v) is 7.54. The fraction of sp³-hybridized carbons (Fsp3) is 0.467. The van der Waals surface area contributed by atoms with Crippen LogP contribution in [-0.2, 0) is 9.53 Å². The molecule has 1 amide bonds. The van der Waals surface area contributed by atoms with Crippen LogP contribution in [0, 0.1) is 5.92 Å². The zero-order valence-electron chi connectivity index (χ0n) is 11.4. The summed E-state index contributed by atoms with van der Waals surface area (Å²) in [5.41, 5.74) is 0.641. The van der Waals surface area contributed by atoms with Crippen molar-refractivity contribution in [1.82, 2.24) is 5.32 Å². The number of nitrogens with one attached hydrogen (secondary N) is 1. The number of carbonyl (C=O) groups is 2. The number of hydrogen-bond donors (Lipinski definition) is 1. The summed E-state index contributed by atoms with van der Waals surface area (Å²) in [5, 5.41) is 3.03. The van der Waals surface area contributed by atoms with Gasteiger partial charge in [0.25, 0.3) is 5.91 Å². The molecule has 5 heteroatoms. The molecular formula is C15H18BrNO3. The Morgan fingerprint density at radius 1 is 1.20 bits per heavy atom. The largest absolute Gasteiger partial charge is 0.469 e. The molecular weight excluding hydrogens is 322 g/mol. The lowest BCUT2D eigenvalue weighted by molar-refractivity contribution is -0.146. The normalized spacial score (nSPS) is 22.1. The summed E-state index contributed by atoms with van der Waals surface area (Å²) < 4.78 is 5.55. The van der Waals surface area contributed by atoms with Gasteiger partial charge in [0.1, 0.15) is 0 Å². The molecule has 0 heterocycles. The van der Waals surface area contributed by atoms with Crippen molar-refractivity contribution in [2.75, 3.05) is 7.11 Å². The van der Waals surface area contributed by atoms with Crippen LogP contribution in [0.15, 0.2) is 28.7 Å². The highest BCUT2D eigenvalue weighted by Gasteiger charge is 2.27. The maximum atomic E-state index is 12.2. The maximum Gasteiger partial charge on any atom is 0.308 e. The van der Waals surface area contributed by atoms with Crippen molar-refractivity contribution in [3.8, 4) is 0 Å². The fourth-order valence-corrected chi connectivity index (χ4v) is 3.01. The van der Waals surface area contributed by atoms with Crippen molar-refractivity contribution in [2.45, 2.75) is 31.7 Å². The number of halogens is 1. The van der Waals surface area contributed by atoms with Gasteiger partial charge in [-0.2, -0.15) is 0 Å². The van der Waals surface area contributed by atoms with Crippen molar-refractivity contribution < 1.29 is 14.3 Å². The van der Waals surface area contributed by atoms with Gasteiger partial charge in [0.15, 0.2) is 0 Å². The van der Waals surface area contributed by atoms with Crippen molar-refractivity contribution >= 4 is 27.8 Å². The molecule has 1 aromatic carbocycles. The average Bonchev–Trinajstić information content (AvgIpc) is 2.47. The van der Waals surface area contributed by atoms with Crippen molar-refractivity contribution in [3.05, 3.63) is 34.3 Å². The first-order chi connectivity index (χ1) is 9.61. The second-order valence-electron chi connectivity index (χ2n) is 5.03. The lowest BCUT2D eigenvalue weighted by atomic mass is 9.86. The van der Waals surface area contributed by atoms with E-state index in [1.165, 1.54) is 7.11 Å². The quantitative estimate of drug-likeness (QED) is 0.861. The molecule has 0 aliphatic heterocycles. The summed E-state index contributed by atoms with van der Waals surface area (Å²) in [6.07, 6.45) is 3.17. The molecule has 1 aromatic rings. The van der Waals surface area contributed by atoms with Crippen molar-refractivity contribution in [2.24, 2.45) is 5.92 Å². The van der Waals surface area contributed by atoms with Gasteiger partial charge in [-0.3, -0.25) is 9.59 Å². The smallest absolute Gasteiger partial charge is 0.308 e. The predicted octanol–water partition coefficient (Wildman–Crippen LogP) is 2.91. The molecule has 20 heavy (non-hydrogen) atoms. The highest BCUT2D eigenvalue weighted by Crippen LogP contribution is 2.26. The highest BCUT2D eigenvalue weighted by atomic mass is 79.9. The van der Waals surface area contributed by atoms with E-state index >= 15 is 0 Å². The molecule has 0 spiro atoms. The Morgan fingerprint density at radius 2 is 1.85 bits per heavy atom. The minimum atomic E-state index is -0.138. The van der Waals surface area contributed by atoms with Crippen LogP contribution in [-0.4, -0.2) is 25.0 Å². The molecule has 2 rings (SSSR count). The zero-order chi connectivity index (χ0) is 14.5. The van der Waals surface area contributed by atoms with Crippen LogP contribution < -0.4 is 5.32 Å². The van der Waals surface area contributed by atoms with E-state index in [9.17, 15) is 9.59 Å². The Bertz CT molecular complexity index is 496. The third-order valence-electron chi connectivity index (χ3n) is 3.72. The van der Waals surface area contributed by atoms with Gasteiger partial charge < -0.3 is 10.1 Å². The lowest BCUT2D eigenvalue weighted by Crippen LogP contribution is -2.39. The Hall–Kier alpha value is -1.36. The van der Waals surface area contributed by atoms with E-state index in [1.807, 2.05) is 18.2 Å². The maximum absolute atomic E-state index is 12.2. The zero-order valence-corrected chi connectivity index (χ0v) is 13.0. The van der Waals surface area contributed by atoms with Gasteiger partial charge in [-0.1, -0.05) is 12.1 Å². The molecule has 0 bridgehead atoms. The molecule has 0 aromatic heterocycles. The SMILES string of the molecule is COC(=O)C1CCC(NC(=O)c2ccccc2Br)CC1. The van der Waals surface area contributed by atoms with Gasteiger partial charge in [-0.05, 0) is 53.7 Å². The summed E-state index contributed by atoms with van der Waals surface area (Å²) in [6.45, 7) is 0. The van der Waals surface area contributed by atoms with E-state index in [0.717, 1.165) is 30.2 Å². The van der Waals surface area contributed by atoms with Gasteiger partial charge in [0, 0.05) is 10.5 Å². The molecule has 1 N–H and O–H groups in total. The Kier molecular flexibility index (Phi) is 5.17. The second kappa shape index (κ2) is 6.88. The number of benzene rings is 1. The van der Waals surface area contributed by atoms with Gasteiger partial charge in [-0.15, -0.1) is 0 Å². The summed E-state index contributed by atoms with van der Waals surface area (Å²) in [6, 6.07) is 7.49. The predicted molar refractivity (Wildman–Crippen MR) is 79.4 cm³/mol. The van der Waals surface area contributed by atoms with Gasteiger partial charge in [0.2, 0.25) is 0 Å². The van der Waals surface area contributed by atoms with E-state index in [4.69, 9.17) is 4.74 Å². The number of hydrogen-bond acceptors (Lipinski definition) is 3. The molecule has 1 fully saturated rings. The van der Waals surface area contributed by atoms with Gasteiger partial charge in [-0.25, -0.2) is 0 Å². The Labute approximate surface area is 127 Å². The molecule has 1 aliphatic rings. The Morgan fingerprint density at radius 3 is 2.45 bits per heavy atom. The minimum absolute atomic E-state index is 0.0170. The molecule has 0 atom stereocenters. The van der Waals surface area contributed by atoms with Crippen molar-refractivity contribution in [1.29, 1.82) is 0 Å². The van der Waals surface area contributed by atoms with Crippen LogP contribution in [0.25, 0.3) is 0 Å². The Balaban J connectivity index is 1.88. The molecule has 1 saturated carbocycles. The number of esters is 1. The molecule has 0 radical (unpaired) electrons. The van der Waals surface area contributed by atoms with Gasteiger partial charge in [0.05, 0.1) is 18.6 Å². The summed E-state index contributed by atoms with van der Waals surface area (Å²) in [4.78, 5) is 23.6. The van der Waals surface area contributed by atoms with E-state index in [1.54, 1.807) is 6.07 Å².